The van der Waals surface area contributed by atoms with Crippen LogP contribution in [0.3, 0.4) is 0 Å². The standard InChI is InChI=1S/C15H24/c1-5-15(4)10-7-12-6-9-14(2,3)13(12)8-11-15/h5,7,13H,1,6,8-11H2,2-4H3/t13?,15-/m1/s1. The van der Waals surface area contributed by atoms with Crippen molar-refractivity contribution >= 4 is 0 Å². The topological polar surface area (TPSA) is 0 Å². The summed E-state index contributed by atoms with van der Waals surface area (Å²) >= 11 is 0. The first kappa shape index (κ1) is 11.0. The van der Waals surface area contributed by atoms with Gasteiger partial charge in [-0.05, 0) is 48.9 Å². The van der Waals surface area contributed by atoms with Gasteiger partial charge in [0, 0.05) is 0 Å². The van der Waals surface area contributed by atoms with Crippen LogP contribution in [-0.4, -0.2) is 0 Å². The maximum absolute atomic E-state index is 4.00. The van der Waals surface area contributed by atoms with Crippen molar-refractivity contribution in [3.05, 3.63) is 24.3 Å². The van der Waals surface area contributed by atoms with Crippen molar-refractivity contribution in [3.8, 4) is 0 Å². The number of allylic oxidation sites excluding steroid dienone is 3. The van der Waals surface area contributed by atoms with Crippen molar-refractivity contribution in [3.63, 3.8) is 0 Å². The summed E-state index contributed by atoms with van der Waals surface area (Å²) in [4.78, 5) is 0. The summed E-state index contributed by atoms with van der Waals surface area (Å²) in [6.45, 7) is 11.2. The van der Waals surface area contributed by atoms with Crippen molar-refractivity contribution in [2.24, 2.45) is 16.7 Å². The molecule has 0 aromatic carbocycles. The van der Waals surface area contributed by atoms with Gasteiger partial charge in [0.15, 0.2) is 0 Å². The van der Waals surface area contributed by atoms with Crippen LogP contribution < -0.4 is 0 Å². The quantitative estimate of drug-likeness (QED) is 0.542. The van der Waals surface area contributed by atoms with E-state index in [1.807, 2.05) is 0 Å². The summed E-state index contributed by atoms with van der Waals surface area (Å²) in [5.74, 6) is 0.847. The fourth-order valence-corrected chi connectivity index (χ4v) is 3.26. The Bertz CT molecular complexity index is 295. The van der Waals surface area contributed by atoms with Crippen molar-refractivity contribution in [1.82, 2.24) is 0 Å². The van der Waals surface area contributed by atoms with Crippen molar-refractivity contribution in [1.29, 1.82) is 0 Å². The van der Waals surface area contributed by atoms with E-state index in [9.17, 15) is 0 Å². The lowest BCUT2D eigenvalue weighted by atomic mass is 9.76. The zero-order valence-corrected chi connectivity index (χ0v) is 10.5. The number of hydrogen-bond donors (Lipinski definition) is 0. The second kappa shape index (κ2) is 3.50. The second-order valence-corrected chi connectivity index (χ2v) is 6.42. The van der Waals surface area contributed by atoms with E-state index in [4.69, 9.17) is 0 Å². The molecule has 84 valence electrons. The number of fused-ring (bicyclic) bond motifs is 1. The molecule has 2 atom stereocenters. The fraction of sp³-hybridized carbons (Fsp3) is 0.733. The third kappa shape index (κ3) is 1.91. The molecule has 0 spiro atoms. The SMILES string of the molecule is C=C[C@]1(C)CC=C2CCC(C)(C)C2CC1. The normalized spacial score (nSPS) is 39.1. The van der Waals surface area contributed by atoms with E-state index in [1.165, 1.54) is 32.1 Å². The zero-order valence-electron chi connectivity index (χ0n) is 10.5. The molecule has 2 aliphatic rings. The molecule has 0 aromatic heterocycles. The first-order valence-electron chi connectivity index (χ1n) is 6.29. The first-order chi connectivity index (χ1) is 6.97. The van der Waals surface area contributed by atoms with Crippen LogP contribution in [0.5, 0.6) is 0 Å². The summed E-state index contributed by atoms with van der Waals surface area (Å²) < 4.78 is 0. The molecule has 0 heteroatoms. The van der Waals surface area contributed by atoms with Gasteiger partial charge < -0.3 is 0 Å². The van der Waals surface area contributed by atoms with E-state index in [0.717, 1.165) is 5.92 Å². The summed E-state index contributed by atoms with van der Waals surface area (Å²) in [6, 6.07) is 0. The van der Waals surface area contributed by atoms with E-state index < -0.39 is 0 Å². The van der Waals surface area contributed by atoms with Crippen molar-refractivity contribution < 1.29 is 0 Å². The van der Waals surface area contributed by atoms with Gasteiger partial charge in [-0.3, -0.25) is 0 Å². The zero-order chi connectivity index (χ0) is 11.1. The minimum absolute atomic E-state index is 0.355. The molecule has 0 amide bonds. The van der Waals surface area contributed by atoms with Crippen LogP contribution in [0.4, 0.5) is 0 Å². The van der Waals surface area contributed by atoms with E-state index in [0.29, 0.717) is 10.8 Å². The maximum atomic E-state index is 4.00. The Labute approximate surface area is 94.5 Å². The monoisotopic (exact) mass is 204 g/mol. The molecule has 2 rings (SSSR count). The van der Waals surface area contributed by atoms with Gasteiger partial charge in [0.2, 0.25) is 0 Å². The van der Waals surface area contributed by atoms with Crippen LogP contribution in [0.25, 0.3) is 0 Å². The van der Waals surface area contributed by atoms with E-state index in [1.54, 1.807) is 5.57 Å². The smallest absolute Gasteiger partial charge is 0.0114 e. The molecule has 0 nitrogen and oxygen atoms in total. The Morgan fingerprint density at radius 3 is 2.73 bits per heavy atom. The molecule has 0 saturated heterocycles. The molecule has 0 aliphatic heterocycles. The van der Waals surface area contributed by atoms with Crippen molar-refractivity contribution in [2.45, 2.75) is 52.9 Å². The van der Waals surface area contributed by atoms with Gasteiger partial charge in [-0.1, -0.05) is 38.5 Å². The van der Waals surface area contributed by atoms with Gasteiger partial charge in [0.25, 0.3) is 0 Å². The third-order valence-corrected chi connectivity index (χ3v) is 4.78. The van der Waals surface area contributed by atoms with Gasteiger partial charge in [0.1, 0.15) is 0 Å². The molecular weight excluding hydrogens is 180 g/mol. The highest BCUT2D eigenvalue weighted by Crippen LogP contribution is 2.52. The third-order valence-electron chi connectivity index (χ3n) is 4.78. The number of rotatable bonds is 1. The average molecular weight is 204 g/mol. The van der Waals surface area contributed by atoms with Gasteiger partial charge in [0.05, 0.1) is 0 Å². The average Bonchev–Trinajstić information content (AvgIpc) is 2.38. The molecule has 2 aliphatic carbocycles. The van der Waals surface area contributed by atoms with E-state index in [2.05, 4.69) is 39.5 Å². The maximum Gasteiger partial charge on any atom is -0.0114 e. The first-order valence-corrected chi connectivity index (χ1v) is 6.29. The molecule has 0 heterocycles. The molecule has 15 heavy (non-hydrogen) atoms. The van der Waals surface area contributed by atoms with Crippen LogP contribution in [0.1, 0.15) is 52.9 Å². The largest absolute Gasteiger partial charge is 0.103 e. The highest BCUT2D eigenvalue weighted by atomic mass is 14.4. The number of hydrogen-bond acceptors (Lipinski definition) is 0. The molecule has 1 fully saturated rings. The van der Waals surface area contributed by atoms with Crippen molar-refractivity contribution in [2.75, 3.05) is 0 Å². The van der Waals surface area contributed by atoms with Gasteiger partial charge >= 0.3 is 0 Å². The Morgan fingerprint density at radius 1 is 1.33 bits per heavy atom. The predicted octanol–water partition coefficient (Wildman–Crippen LogP) is 4.73. The van der Waals surface area contributed by atoms with Crippen LogP contribution in [0.15, 0.2) is 24.3 Å². The van der Waals surface area contributed by atoms with Crippen LogP contribution >= 0.6 is 0 Å². The lowest BCUT2D eigenvalue weighted by Crippen LogP contribution is -2.19. The fourth-order valence-electron chi connectivity index (χ4n) is 3.26. The van der Waals surface area contributed by atoms with Crippen LogP contribution in [0, 0.1) is 16.7 Å². The Morgan fingerprint density at radius 2 is 2.07 bits per heavy atom. The minimum Gasteiger partial charge on any atom is -0.103 e. The minimum atomic E-state index is 0.355. The molecular formula is C15H24. The molecule has 1 saturated carbocycles. The van der Waals surface area contributed by atoms with Gasteiger partial charge in [-0.2, -0.15) is 0 Å². The molecule has 1 unspecified atom stereocenters. The summed E-state index contributed by atoms with van der Waals surface area (Å²) in [5.41, 5.74) is 2.64. The van der Waals surface area contributed by atoms with Gasteiger partial charge in [-0.15, -0.1) is 6.58 Å². The highest BCUT2D eigenvalue weighted by molar-refractivity contribution is 5.20. The van der Waals surface area contributed by atoms with Crippen LogP contribution in [-0.2, 0) is 0 Å². The lowest BCUT2D eigenvalue weighted by Gasteiger charge is -2.29. The Hall–Kier alpha value is -0.520. The second-order valence-electron chi connectivity index (χ2n) is 6.42. The molecule has 0 bridgehead atoms. The van der Waals surface area contributed by atoms with E-state index in [-0.39, 0.29) is 0 Å². The lowest BCUT2D eigenvalue weighted by molar-refractivity contribution is 0.245. The summed E-state index contributed by atoms with van der Waals surface area (Å²) in [6.07, 6.45) is 11.3. The van der Waals surface area contributed by atoms with Gasteiger partial charge in [-0.25, -0.2) is 0 Å². The molecule has 0 N–H and O–H groups in total. The summed E-state index contributed by atoms with van der Waals surface area (Å²) in [7, 11) is 0. The highest BCUT2D eigenvalue weighted by Gasteiger charge is 2.40. The summed E-state index contributed by atoms with van der Waals surface area (Å²) in [5, 5.41) is 0. The Kier molecular flexibility index (Phi) is 2.56. The Balaban J connectivity index is 2.22. The molecule has 0 aromatic rings. The predicted molar refractivity (Wildman–Crippen MR) is 66.7 cm³/mol. The van der Waals surface area contributed by atoms with E-state index >= 15 is 0 Å². The molecule has 0 radical (unpaired) electrons. The van der Waals surface area contributed by atoms with Crippen LogP contribution in [0.2, 0.25) is 0 Å².